The highest BCUT2D eigenvalue weighted by Crippen LogP contribution is 2.30. The van der Waals surface area contributed by atoms with E-state index in [1.807, 2.05) is 24.3 Å². The molecule has 1 atom stereocenters. The number of rotatable bonds is 9. The van der Waals surface area contributed by atoms with Gasteiger partial charge < -0.3 is 4.74 Å². The first kappa shape index (κ1) is 26.1. The summed E-state index contributed by atoms with van der Waals surface area (Å²) in [4.78, 5) is -0.208. The number of hydrogen-bond donors (Lipinski definition) is 0. The molecule has 1 unspecified atom stereocenters. The van der Waals surface area contributed by atoms with Gasteiger partial charge in [0.1, 0.15) is 0 Å². The Kier molecular flexibility index (Phi) is 7.98. The van der Waals surface area contributed by atoms with Gasteiger partial charge in [-0.2, -0.15) is 0 Å². The second-order valence-electron chi connectivity index (χ2n) is 8.91. The minimum atomic E-state index is -4.39. The molecular formula is C26H31NO5S2. The number of benzene rings is 3. The lowest BCUT2D eigenvalue weighted by Gasteiger charge is -2.27. The van der Waals surface area contributed by atoms with Crippen molar-refractivity contribution in [2.24, 2.45) is 0 Å². The Morgan fingerprint density at radius 2 is 1.18 bits per heavy atom. The third kappa shape index (κ3) is 5.75. The van der Waals surface area contributed by atoms with Gasteiger partial charge in [-0.15, -0.1) is 0 Å². The van der Waals surface area contributed by atoms with E-state index >= 15 is 0 Å². The van der Waals surface area contributed by atoms with Crippen molar-refractivity contribution in [2.45, 2.75) is 49.0 Å². The zero-order valence-electron chi connectivity index (χ0n) is 19.9. The van der Waals surface area contributed by atoms with Gasteiger partial charge >= 0.3 is 0 Å². The highest BCUT2D eigenvalue weighted by molar-refractivity contribution is 8.04. The maximum absolute atomic E-state index is 13.6. The lowest BCUT2D eigenvalue weighted by atomic mass is 9.86. The van der Waals surface area contributed by atoms with Crippen LogP contribution in [-0.4, -0.2) is 33.7 Å². The molecule has 0 fully saturated rings. The van der Waals surface area contributed by atoms with Crippen molar-refractivity contribution in [2.75, 3.05) is 13.2 Å². The van der Waals surface area contributed by atoms with Crippen LogP contribution in [0.4, 0.5) is 0 Å². The fourth-order valence-electron chi connectivity index (χ4n) is 3.53. The first-order chi connectivity index (χ1) is 16.0. The van der Waals surface area contributed by atoms with E-state index in [0.717, 1.165) is 5.56 Å². The third-order valence-corrected chi connectivity index (χ3v) is 9.73. The van der Waals surface area contributed by atoms with Gasteiger partial charge in [0.15, 0.2) is 0 Å². The summed E-state index contributed by atoms with van der Waals surface area (Å²) in [6, 6.07) is 22.8. The predicted molar refractivity (Wildman–Crippen MR) is 133 cm³/mol. The number of nitrogens with zero attached hydrogens (tertiary/aromatic N) is 1. The van der Waals surface area contributed by atoms with Crippen LogP contribution in [0.25, 0.3) is 0 Å². The van der Waals surface area contributed by atoms with Crippen molar-refractivity contribution in [3.63, 3.8) is 0 Å². The molecule has 0 saturated carbocycles. The van der Waals surface area contributed by atoms with Gasteiger partial charge in [-0.3, -0.25) is 0 Å². The summed E-state index contributed by atoms with van der Waals surface area (Å²) in [5.41, 5.74) is 1.75. The molecule has 3 aromatic rings. The van der Waals surface area contributed by atoms with E-state index in [-0.39, 0.29) is 21.8 Å². The first-order valence-electron chi connectivity index (χ1n) is 11.1. The van der Waals surface area contributed by atoms with E-state index in [2.05, 4.69) is 20.8 Å². The molecule has 182 valence electrons. The van der Waals surface area contributed by atoms with E-state index < -0.39 is 32.7 Å². The molecule has 0 aliphatic heterocycles. The van der Waals surface area contributed by atoms with E-state index in [1.54, 1.807) is 43.3 Å². The van der Waals surface area contributed by atoms with Gasteiger partial charge in [0.25, 0.3) is 20.0 Å². The normalized spacial score (nSPS) is 13.7. The highest BCUT2D eigenvalue weighted by atomic mass is 32.3. The number of sulfonamides is 2. The Hall–Kier alpha value is -2.52. The quantitative estimate of drug-likeness (QED) is 0.405. The summed E-state index contributed by atoms with van der Waals surface area (Å²) in [6.07, 6.45) is -0.781. The maximum Gasteiger partial charge on any atom is 0.256 e. The van der Waals surface area contributed by atoms with Crippen LogP contribution in [0.1, 0.15) is 44.9 Å². The molecule has 0 heterocycles. The van der Waals surface area contributed by atoms with Gasteiger partial charge in [-0.1, -0.05) is 85.1 Å². The average molecular weight is 502 g/mol. The minimum Gasteiger partial charge on any atom is -0.372 e. The molecule has 6 nitrogen and oxygen atoms in total. The minimum absolute atomic E-state index is 0.0566. The Bertz CT molecular complexity index is 1210. The lowest BCUT2D eigenvalue weighted by Crippen LogP contribution is -2.40. The molecular weight excluding hydrogens is 470 g/mol. The van der Waals surface area contributed by atoms with Gasteiger partial charge in [0.05, 0.1) is 22.4 Å². The van der Waals surface area contributed by atoms with Crippen LogP contribution >= 0.6 is 0 Å². The summed E-state index contributed by atoms with van der Waals surface area (Å²) in [7, 11) is -8.79. The Labute approximate surface area is 203 Å². The van der Waals surface area contributed by atoms with Gasteiger partial charge in [-0.05, 0) is 47.7 Å². The van der Waals surface area contributed by atoms with E-state index in [4.69, 9.17) is 4.74 Å². The molecule has 3 aromatic carbocycles. The van der Waals surface area contributed by atoms with Crippen LogP contribution in [0.5, 0.6) is 0 Å². The Morgan fingerprint density at radius 1 is 0.735 bits per heavy atom. The topological polar surface area (TPSA) is 80.8 Å². The van der Waals surface area contributed by atoms with Crippen LogP contribution in [0.3, 0.4) is 0 Å². The molecule has 0 bridgehead atoms. The fourth-order valence-corrected chi connectivity index (χ4v) is 7.22. The molecule has 0 aliphatic carbocycles. The molecule has 0 saturated heterocycles. The van der Waals surface area contributed by atoms with Crippen molar-refractivity contribution in [1.82, 2.24) is 3.71 Å². The Balaban J connectivity index is 2.10. The SMILES string of the molecule is CCOC(CN(S(=O)(=O)c1ccccc1)S(=O)(=O)c1ccccc1)c1ccc(C(C)(C)C)cc1. The molecule has 0 radical (unpaired) electrons. The molecule has 0 amide bonds. The van der Waals surface area contributed by atoms with Gasteiger partial charge in [0.2, 0.25) is 0 Å². The fraction of sp³-hybridized carbons (Fsp3) is 0.308. The molecule has 0 spiro atoms. The van der Waals surface area contributed by atoms with Crippen molar-refractivity contribution < 1.29 is 21.6 Å². The van der Waals surface area contributed by atoms with Crippen molar-refractivity contribution in [1.29, 1.82) is 0 Å². The monoisotopic (exact) mass is 501 g/mol. The second-order valence-corrected chi connectivity index (χ2v) is 12.9. The summed E-state index contributed by atoms with van der Waals surface area (Å²) in [6.45, 7) is 7.99. The molecule has 34 heavy (non-hydrogen) atoms. The largest absolute Gasteiger partial charge is 0.372 e. The van der Waals surface area contributed by atoms with E-state index in [1.165, 1.54) is 24.3 Å². The average Bonchev–Trinajstić information content (AvgIpc) is 2.82. The highest BCUT2D eigenvalue weighted by Gasteiger charge is 2.38. The van der Waals surface area contributed by atoms with Gasteiger partial charge in [0, 0.05) is 6.61 Å². The van der Waals surface area contributed by atoms with Gasteiger partial charge in [-0.25, -0.2) is 16.8 Å². The standard InChI is InChI=1S/C26H31NO5S2/c1-5-32-25(21-16-18-22(19-17-21)26(2,3)4)20-27(33(28,29)23-12-8-6-9-13-23)34(30,31)24-14-10-7-11-15-24/h6-19,25H,5,20H2,1-4H3. The van der Waals surface area contributed by atoms with Crippen LogP contribution in [-0.2, 0) is 30.2 Å². The zero-order valence-corrected chi connectivity index (χ0v) is 21.5. The molecule has 0 aliphatic rings. The molecule has 8 heteroatoms. The zero-order chi connectivity index (χ0) is 25.0. The number of hydrogen-bond acceptors (Lipinski definition) is 5. The third-order valence-electron chi connectivity index (χ3n) is 5.45. The lowest BCUT2D eigenvalue weighted by molar-refractivity contribution is 0.0574. The van der Waals surface area contributed by atoms with Crippen LogP contribution in [0.2, 0.25) is 0 Å². The van der Waals surface area contributed by atoms with Crippen molar-refractivity contribution in [3.8, 4) is 0 Å². The van der Waals surface area contributed by atoms with Crippen LogP contribution in [0.15, 0.2) is 94.7 Å². The smallest absolute Gasteiger partial charge is 0.256 e. The summed E-state index contributed by atoms with van der Waals surface area (Å²) >= 11 is 0. The molecule has 3 rings (SSSR count). The summed E-state index contributed by atoms with van der Waals surface area (Å²) < 4.78 is 60.8. The molecule has 0 aromatic heterocycles. The van der Waals surface area contributed by atoms with Crippen LogP contribution < -0.4 is 0 Å². The maximum atomic E-state index is 13.6. The summed E-state index contributed by atoms with van der Waals surface area (Å²) in [5.74, 6) is 0. The number of ether oxygens (including phenoxy) is 1. The van der Waals surface area contributed by atoms with E-state index in [9.17, 15) is 16.8 Å². The van der Waals surface area contributed by atoms with Crippen molar-refractivity contribution in [3.05, 3.63) is 96.1 Å². The first-order valence-corrected chi connectivity index (χ1v) is 14.0. The van der Waals surface area contributed by atoms with E-state index in [0.29, 0.717) is 9.27 Å². The Morgan fingerprint density at radius 3 is 1.56 bits per heavy atom. The predicted octanol–water partition coefficient (Wildman–Crippen LogP) is 5.14. The second kappa shape index (κ2) is 10.4. The van der Waals surface area contributed by atoms with Crippen LogP contribution in [0, 0.1) is 0 Å². The molecule has 0 N–H and O–H groups in total. The summed E-state index contributed by atoms with van der Waals surface area (Å²) in [5, 5.41) is 0. The van der Waals surface area contributed by atoms with Crippen molar-refractivity contribution >= 4 is 20.0 Å².